The monoisotopic (exact) mass is 487 g/mol. The van der Waals surface area contributed by atoms with E-state index in [1.807, 2.05) is 6.07 Å². The van der Waals surface area contributed by atoms with Crippen LogP contribution in [0.5, 0.6) is 0 Å². The summed E-state index contributed by atoms with van der Waals surface area (Å²) in [6, 6.07) is 45.6. The number of benzene rings is 5. The van der Waals surface area contributed by atoms with E-state index in [9.17, 15) is 0 Å². The van der Waals surface area contributed by atoms with E-state index in [2.05, 4.69) is 143 Å². The Bertz CT molecular complexity index is 1400. The maximum absolute atomic E-state index is 3.67. The van der Waals surface area contributed by atoms with Crippen molar-refractivity contribution in [2.24, 2.45) is 0 Å². The Morgan fingerprint density at radius 1 is 0.515 bits per heavy atom. The highest BCUT2D eigenvalue weighted by Crippen LogP contribution is 2.56. The van der Waals surface area contributed by atoms with Gasteiger partial charge in [-0.25, -0.2) is 0 Å². The van der Waals surface area contributed by atoms with Crippen molar-refractivity contribution < 1.29 is 0 Å². The number of halogens is 1. The zero-order valence-electron chi connectivity index (χ0n) is 18.0. The average molecular weight is 488 g/mol. The number of hydrogen-bond donors (Lipinski definition) is 1. The van der Waals surface area contributed by atoms with Gasteiger partial charge in [0.2, 0.25) is 0 Å². The minimum Gasteiger partial charge on any atom is -0.355 e. The minimum absolute atomic E-state index is 0.375. The first kappa shape index (κ1) is 20.0. The molecular formula is C31H22BrN. The van der Waals surface area contributed by atoms with Crippen molar-refractivity contribution in [3.8, 4) is 11.1 Å². The van der Waals surface area contributed by atoms with E-state index in [0.717, 1.165) is 15.8 Å². The van der Waals surface area contributed by atoms with Crippen LogP contribution in [0.4, 0.5) is 11.4 Å². The molecule has 1 nitrogen and oxygen atoms in total. The van der Waals surface area contributed by atoms with E-state index in [0.29, 0.717) is 0 Å². The smallest absolute Gasteiger partial charge is 0.0714 e. The van der Waals surface area contributed by atoms with Gasteiger partial charge in [0.1, 0.15) is 0 Å². The number of anilines is 2. The number of fused-ring (bicyclic) bond motifs is 3. The molecule has 158 valence electrons. The van der Waals surface area contributed by atoms with Crippen LogP contribution < -0.4 is 5.32 Å². The Kier molecular flexibility index (Phi) is 4.89. The second-order valence-corrected chi connectivity index (χ2v) is 9.25. The molecule has 0 bridgehead atoms. The normalized spacial score (nSPS) is 13.2. The maximum atomic E-state index is 3.67. The Morgan fingerprint density at radius 2 is 1.09 bits per heavy atom. The van der Waals surface area contributed by atoms with Gasteiger partial charge in [0.15, 0.2) is 0 Å². The van der Waals surface area contributed by atoms with Gasteiger partial charge < -0.3 is 5.32 Å². The fourth-order valence-electron chi connectivity index (χ4n) is 5.24. The largest absolute Gasteiger partial charge is 0.355 e. The quantitative estimate of drug-likeness (QED) is 0.262. The molecule has 0 aromatic heterocycles. The third-order valence-electron chi connectivity index (χ3n) is 6.61. The molecule has 33 heavy (non-hydrogen) atoms. The number of nitrogens with one attached hydrogen (secondary N) is 1. The Labute approximate surface area is 202 Å². The van der Waals surface area contributed by atoms with Gasteiger partial charge in [-0.05, 0) is 73.6 Å². The van der Waals surface area contributed by atoms with Crippen molar-refractivity contribution in [2.75, 3.05) is 5.32 Å². The first-order chi connectivity index (χ1) is 16.3. The van der Waals surface area contributed by atoms with Crippen molar-refractivity contribution in [1.29, 1.82) is 0 Å². The summed E-state index contributed by atoms with van der Waals surface area (Å²) in [5, 5.41) is 3.62. The predicted octanol–water partition coefficient (Wildman–Crippen LogP) is 8.56. The highest BCUT2D eigenvalue weighted by atomic mass is 79.9. The number of para-hydroxylation sites is 1. The Morgan fingerprint density at radius 3 is 1.79 bits per heavy atom. The van der Waals surface area contributed by atoms with Gasteiger partial charge >= 0.3 is 0 Å². The molecular weight excluding hydrogens is 466 g/mol. The van der Waals surface area contributed by atoms with Crippen molar-refractivity contribution in [3.63, 3.8) is 0 Å². The molecule has 5 aromatic rings. The molecule has 0 radical (unpaired) electrons. The summed E-state index contributed by atoms with van der Waals surface area (Å²) in [6.45, 7) is 0. The van der Waals surface area contributed by atoms with Crippen molar-refractivity contribution in [2.45, 2.75) is 5.41 Å². The van der Waals surface area contributed by atoms with Gasteiger partial charge in [-0.2, -0.15) is 0 Å². The van der Waals surface area contributed by atoms with Crippen LogP contribution in [-0.2, 0) is 5.41 Å². The minimum atomic E-state index is -0.375. The fourth-order valence-corrected chi connectivity index (χ4v) is 5.62. The number of hydrogen-bond acceptors (Lipinski definition) is 1. The van der Waals surface area contributed by atoms with Gasteiger partial charge in [-0.15, -0.1) is 0 Å². The highest BCUT2D eigenvalue weighted by Gasteiger charge is 2.45. The van der Waals surface area contributed by atoms with Crippen LogP contribution in [0.15, 0.2) is 132 Å². The summed E-state index contributed by atoms with van der Waals surface area (Å²) in [5.41, 5.74) is 9.53. The third kappa shape index (κ3) is 3.13. The molecule has 6 rings (SSSR count). The molecule has 0 spiro atoms. The molecule has 1 N–H and O–H groups in total. The average Bonchev–Trinajstić information content (AvgIpc) is 3.17. The topological polar surface area (TPSA) is 12.0 Å². The van der Waals surface area contributed by atoms with E-state index >= 15 is 0 Å². The predicted molar refractivity (Wildman–Crippen MR) is 141 cm³/mol. The lowest BCUT2D eigenvalue weighted by molar-refractivity contribution is 0.769. The molecule has 0 unspecified atom stereocenters. The Balaban J connectivity index is 1.65. The molecule has 0 atom stereocenters. The van der Waals surface area contributed by atoms with Crippen molar-refractivity contribution in [3.05, 3.63) is 154 Å². The van der Waals surface area contributed by atoms with Gasteiger partial charge in [-0.3, -0.25) is 0 Å². The molecule has 5 aromatic carbocycles. The molecule has 0 amide bonds. The van der Waals surface area contributed by atoms with E-state index in [1.165, 1.54) is 33.4 Å². The summed E-state index contributed by atoms with van der Waals surface area (Å²) in [5.74, 6) is 0. The number of rotatable bonds is 4. The molecule has 0 saturated heterocycles. The molecule has 2 heteroatoms. The first-order valence-corrected chi connectivity index (χ1v) is 11.9. The standard InChI is InChI=1S/C31H22BrN/c32-29-17-9-10-18-30(29)33-24-19-20-26-25-15-7-8-16-27(25)31(28(26)21-24,22-11-3-1-4-12-22)23-13-5-2-6-14-23/h1-21,33H. The summed E-state index contributed by atoms with van der Waals surface area (Å²) < 4.78 is 1.05. The van der Waals surface area contributed by atoms with Crippen LogP contribution in [0, 0.1) is 0 Å². The third-order valence-corrected chi connectivity index (χ3v) is 7.30. The van der Waals surface area contributed by atoms with Crippen LogP contribution in [0.3, 0.4) is 0 Å². The van der Waals surface area contributed by atoms with E-state index in [1.54, 1.807) is 0 Å². The lowest BCUT2D eigenvalue weighted by Gasteiger charge is -2.34. The summed E-state index contributed by atoms with van der Waals surface area (Å²) in [4.78, 5) is 0. The zero-order chi connectivity index (χ0) is 22.3. The highest BCUT2D eigenvalue weighted by molar-refractivity contribution is 9.10. The van der Waals surface area contributed by atoms with Crippen molar-refractivity contribution >= 4 is 27.3 Å². The molecule has 1 aliphatic rings. The van der Waals surface area contributed by atoms with Gasteiger partial charge in [0.05, 0.1) is 11.1 Å². The van der Waals surface area contributed by atoms with Crippen molar-refractivity contribution in [1.82, 2.24) is 0 Å². The van der Waals surface area contributed by atoms with E-state index < -0.39 is 0 Å². The lowest BCUT2D eigenvalue weighted by atomic mass is 9.67. The zero-order valence-corrected chi connectivity index (χ0v) is 19.6. The van der Waals surface area contributed by atoms with Crippen LogP contribution >= 0.6 is 15.9 Å². The first-order valence-electron chi connectivity index (χ1n) is 11.2. The summed E-state index contributed by atoms with van der Waals surface area (Å²) in [7, 11) is 0. The molecule has 0 saturated carbocycles. The van der Waals surface area contributed by atoms with Gasteiger partial charge in [0.25, 0.3) is 0 Å². The summed E-state index contributed by atoms with van der Waals surface area (Å²) in [6.07, 6.45) is 0. The van der Waals surface area contributed by atoms with Crippen LogP contribution in [0.1, 0.15) is 22.3 Å². The maximum Gasteiger partial charge on any atom is 0.0714 e. The van der Waals surface area contributed by atoms with Crippen LogP contribution in [-0.4, -0.2) is 0 Å². The van der Waals surface area contributed by atoms with Gasteiger partial charge in [0, 0.05) is 10.2 Å². The molecule has 1 aliphatic carbocycles. The lowest BCUT2D eigenvalue weighted by Crippen LogP contribution is -2.28. The second-order valence-electron chi connectivity index (χ2n) is 8.39. The van der Waals surface area contributed by atoms with Crippen LogP contribution in [0.2, 0.25) is 0 Å². The molecule has 0 heterocycles. The molecule has 0 fully saturated rings. The molecule has 0 aliphatic heterocycles. The second kappa shape index (κ2) is 8.06. The SMILES string of the molecule is Brc1ccccc1Nc1ccc2c(c1)C(c1ccccc1)(c1ccccc1)c1ccccc1-2. The fraction of sp³-hybridized carbons (Fsp3) is 0.0323. The van der Waals surface area contributed by atoms with E-state index in [4.69, 9.17) is 0 Å². The summed E-state index contributed by atoms with van der Waals surface area (Å²) >= 11 is 3.67. The van der Waals surface area contributed by atoms with Crippen LogP contribution in [0.25, 0.3) is 11.1 Å². The van der Waals surface area contributed by atoms with Gasteiger partial charge in [-0.1, -0.05) is 103 Å². The van der Waals surface area contributed by atoms with E-state index in [-0.39, 0.29) is 5.41 Å². The Hall–Kier alpha value is -3.62.